The lowest BCUT2D eigenvalue weighted by Crippen LogP contribution is -2.21. The van der Waals surface area contributed by atoms with Crippen LogP contribution < -0.4 is 5.32 Å². The van der Waals surface area contributed by atoms with Gasteiger partial charge in [-0.15, -0.1) is 11.3 Å². The van der Waals surface area contributed by atoms with Crippen LogP contribution >= 0.6 is 11.3 Å². The molecule has 1 aromatic carbocycles. The van der Waals surface area contributed by atoms with Crippen LogP contribution in [0.25, 0.3) is 10.9 Å². The van der Waals surface area contributed by atoms with E-state index in [2.05, 4.69) is 25.2 Å². The molecule has 0 saturated heterocycles. The van der Waals surface area contributed by atoms with Gasteiger partial charge in [-0.3, -0.25) is 20.0 Å². The number of nitrogens with zero attached hydrogens (tertiary/aromatic N) is 2. The first kappa shape index (κ1) is 17.5. The first-order valence-electron chi connectivity index (χ1n) is 7.48. The second-order valence-corrected chi connectivity index (χ2v) is 6.00. The molecule has 0 aliphatic carbocycles. The van der Waals surface area contributed by atoms with E-state index in [9.17, 15) is 14.4 Å². The summed E-state index contributed by atoms with van der Waals surface area (Å²) in [6.07, 6.45) is 0.0179. The van der Waals surface area contributed by atoms with E-state index in [0.717, 1.165) is 11.3 Å². The Bertz CT molecular complexity index is 964. The fraction of sp³-hybridized carbons (Fsp3) is 0.188. The summed E-state index contributed by atoms with van der Waals surface area (Å²) in [4.78, 5) is 39.3. The van der Waals surface area contributed by atoms with Crippen LogP contribution in [0, 0.1) is 0 Å². The smallest absolute Gasteiger partial charge is 0.359 e. The molecule has 3 rings (SSSR count). The van der Waals surface area contributed by atoms with Crippen LogP contribution in [-0.4, -0.2) is 46.7 Å². The highest BCUT2D eigenvalue weighted by molar-refractivity contribution is 7.13. The Kier molecular flexibility index (Phi) is 5.23. The molecule has 0 fully saturated rings. The number of carbonyl (C=O) groups excluding carboxylic acids is 3. The monoisotopic (exact) mass is 374 g/mol. The Hall–Kier alpha value is -3.27. The van der Waals surface area contributed by atoms with Gasteiger partial charge in [0.2, 0.25) is 0 Å². The van der Waals surface area contributed by atoms with E-state index >= 15 is 0 Å². The molecular weight excluding hydrogens is 360 g/mol. The minimum atomic E-state index is -0.705. The molecule has 26 heavy (non-hydrogen) atoms. The molecule has 3 aromatic rings. The van der Waals surface area contributed by atoms with Crippen molar-refractivity contribution in [3.63, 3.8) is 0 Å². The highest BCUT2D eigenvalue weighted by Gasteiger charge is 2.17. The van der Waals surface area contributed by atoms with Crippen LogP contribution in [0.15, 0.2) is 29.6 Å². The number of thiazole rings is 1. The number of ether oxygens (including phenoxy) is 2. The average molecular weight is 374 g/mol. The second-order valence-electron chi connectivity index (χ2n) is 5.14. The fourth-order valence-electron chi connectivity index (χ4n) is 2.14. The number of amides is 1. The van der Waals surface area contributed by atoms with Crippen molar-refractivity contribution in [2.45, 2.75) is 6.42 Å². The summed E-state index contributed by atoms with van der Waals surface area (Å²) in [6.45, 7) is -0.480. The predicted molar refractivity (Wildman–Crippen MR) is 92.8 cm³/mol. The number of aromatic nitrogens is 3. The van der Waals surface area contributed by atoms with Gasteiger partial charge in [0, 0.05) is 10.8 Å². The van der Waals surface area contributed by atoms with Crippen LogP contribution in [0.1, 0.15) is 16.2 Å². The number of hydrogen-bond donors (Lipinski definition) is 2. The highest BCUT2D eigenvalue weighted by Crippen LogP contribution is 2.17. The predicted octanol–water partition coefficient (Wildman–Crippen LogP) is 1.53. The van der Waals surface area contributed by atoms with Crippen LogP contribution in [0.2, 0.25) is 0 Å². The van der Waals surface area contributed by atoms with Gasteiger partial charge in [-0.2, -0.15) is 5.10 Å². The highest BCUT2D eigenvalue weighted by atomic mass is 32.1. The van der Waals surface area contributed by atoms with Crippen molar-refractivity contribution >= 4 is 45.2 Å². The number of para-hydroxylation sites is 1. The molecule has 0 unspecified atom stereocenters. The summed E-state index contributed by atoms with van der Waals surface area (Å²) < 4.78 is 9.53. The van der Waals surface area contributed by atoms with Gasteiger partial charge < -0.3 is 9.47 Å². The Morgan fingerprint density at radius 1 is 1.27 bits per heavy atom. The third-order valence-electron chi connectivity index (χ3n) is 3.35. The molecule has 2 aromatic heterocycles. The lowest BCUT2D eigenvalue weighted by molar-refractivity contribution is -0.139. The molecule has 0 aliphatic heterocycles. The van der Waals surface area contributed by atoms with Gasteiger partial charge in [0.15, 0.2) is 17.4 Å². The van der Waals surface area contributed by atoms with E-state index in [1.165, 1.54) is 7.11 Å². The molecule has 2 heterocycles. The van der Waals surface area contributed by atoms with E-state index in [1.54, 1.807) is 23.6 Å². The molecule has 134 valence electrons. The minimum absolute atomic E-state index is 0.0179. The number of nitrogens with one attached hydrogen (secondary N) is 2. The number of rotatable bonds is 6. The van der Waals surface area contributed by atoms with E-state index in [-0.39, 0.29) is 12.1 Å². The first-order valence-corrected chi connectivity index (χ1v) is 8.36. The zero-order valence-electron chi connectivity index (χ0n) is 13.6. The number of methoxy groups -OCH3 is 1. The van der Waals surface area contributed by atoms with Gasteiger partial charge >= 0.3 is 11.9 Å². The number of H-pyrrole nitrogens is 1. The topological polar surface area (TPSA) is 123 Å². The maximum absolute atomic E-state index is 12.1. The normalized spacial score (nSPS) is 10.5. The van der Waals surface area contributed by atoms with Crippen LogP contribution in [0.3, 0.4) is 0 Å². The van der Waals surface area contributed by atoms with Crippen molar-refractivity contribution in [1.29, 1.82) is 0 Å². The molecule has 0 bridgehead atoms. The lowest BCUT2D eigenvalue weighted by atomic mass is 10.2. The number of esters is 2. The van der Waals surface area contributed by atoms with E-state index in [1.807, 2.05) is 6.07 Å². The number of hydrogen-bond acceptors (Lipinski definition) is 8. The van der Waals surface area contributed by atoms with Gasteiger partial charge in [-0.05, 0) is 6.07 Å². The number of carbonyl (C=O) groups is 3. The quantitative estimate of drug-likeness (QED) is 0.627. The summed E-state index contributed by atoms with van der Waals surface area (Å²) in [6, 6.07) is 7.09. The molecular formula is C16H14N4O5S. The van der Waals surface area contributed by atoms with Gasteiger partial charge in [-0.25, -0.2) is 9.78 Å². The zero-order valence-corrected chi connectivity index (χ0v) is 14.5. The number of fused-ring (bicyclic) bond motifs is 1. The van der Waals surface area contributed by atoms with Crippen molar-refractivity contribution in [3.05, 3.63) is 41.0 Å². The zero-order chi connectivity index (χ0) is 18.5. The average Bonchev–Trinajstić information content (AvgIpc) is 3.26. The first-order chi connectivity index (χ1) is 12.6. The van der Waals surface area contributed by atoms with Crippen LogP contribution in [0.4, 0.5) is 5.13 Å². The van der Waals surface area contributed by atoms with Gasteiger partial charge in [0.05, 0.1) is 24.7 Å². The summed E-state index contributed by atoms with van der Waals surface area (Å²) in [7, 11) is 1.29. The number of aromatic amines is 1. The molecule has 9 nitrogen and oxygen atoms in total. The summed E-state index contributed by atoms with van der Waals surface area (Å²) in [5.41, 5.74) is 1.30. The standard InChI is InChI=1S/C16H14N4O5S/c1-24-13(22)6-9-8-26-16(17-9)18-12(21)7-25-15(23)14-10-4-2-3-5-11(10)19-20-14/h2-5,8H,6-7H2,1H3,(H,19,20)(H,17,18,21). The third-order valence-corrected chi connectivity index (χ3v) is 4.16. The Balaban J connectivity index is 1.54. The summed E-state index contributed by atoms with van der Waals surface area (Å²) in [5.74, 6) is -1.67. The Morgan fingerprint density at radius 3 is 2.88 bits per heavy atom. The van der Waals surface area contributed by atoms with Crippen LogP contribution in [0.5, 0.6) is 0 Å². The lowest BCUT2D eigenvalue weighted by Gasteiger charge is -2.03. The van der Waals surface area contributed by atoms with Gasteiger partial charge in [0.1, 0.15) is 0 Å². The molecule has 0 atom stereocenters. The van der Waals surface area contributed by atoms with Crippen molar-refractivity contribution in [2.75, 3.05) is 19.0 Å². The van der Waals surface area contributed by atoms with Gasteiger partial charge in [-0.1, -0.05) is 18.2 Å². The summed E-state index contributed by atoms with van der Waals surface area (Å²) in [5, 5.41) is 11.7. The summed E-state index contributed by atoms with van der Waals surface area (Å²) >= 11 is 1.16. The van der Waals surface area contributed by atoms with Crippen molar-refractivity contribution in [1.82, 2.24) is 15.2 Å². The molecule has 0 saturated carbocycles. The molecule has 0 aliphatic rings. The molecule has 10 heteroatoms. The van der Waals surface area contributed by atoms with E-state index in [0.29, 0.717) is 21.7 Å². The van der Waals surface area contributed by atoms with E-state index < -0.39 is 24.5 Å². The fourth-order valence-corrected chi connectivity index (χ4v) is 2.87. The van der Waals surface area contributed by atoms with Crippen LogP contribution in [-0.2, 0) is 25.5 Å². The maximum atomic E-state index is 12.1. The molecule has 0 radical (unpaired) electrons. The Labute approximate surface area is 151 Å². The van der Waals surface area contributed by atoms with Crippen molar-refractivity contribution in [2.24, 2.45) is 0 Å². The van der Waals surface area contributed by atoms with Gasteiger partial charge in [0.25, 0.3) is 5.91 Å². The molecule has 0 spiro atoms. The number of anilines is 1. The van der Waals surface area contributed by atoms with E-state index in [4.69, 9.17) is 4.74 Å². The largest absolute Gasteiger partial charge is 0.469 e. The molecule has 1 amide bonds. The second kappa shape index (κ2) is 7.74. The SMILES string of the molecule is COC(=O)Cc1csc(NC(=O)COC(=O)c2n[nH]c3ccccc23)n1. The van der Waals surface area contributed by atoms with Crippen molar-refractivity contribution in [3.8, 4) is 0 Å². The van der Waals surface area contributed by atoms with Crippen molar-refractivity contribution < 1.29 is 23.9 Å². The third kappa shape index (κ3) is 4.03. The maximum Gasteiger partial charge on any atom is 0.359 e. The molecule has 2 N–H and O–H groups in total. The number of benzene rings is 1. The minimum Gasteiger partial charge on any atom is -0.469 e. The Morgan fingerprint density at radius 2 is 2.08 bits per heavy atom.